The largest absolute Gasteiger partial charge is 0.495 e. The minimum absolute atomic E-state index is 0.340. The minimum Gasteiger partial charge on any atom is -0.495 e. The van der Waals surface area contributed by atoms with Crippen molar-refractivity contribution in [2.24, 2.45) is 0 Å². The second-order valence-electron chi connectivity index (χ2n) is 4.30. The second-order valence-corrected chi connectivity index (χ2v) is 4.70. The topological polar surface area (TPSA) is 35.5 Å². The summed E-state index contributed by atoms with van der Waals surface area (Å²) in [7, 11) is 2.95. The molecule has 0 aliphatic rings. The van der Waals surface area contributed by atoms with E-state index in [1.165, 1.54) is 7.11 Å². The molecule has 0 heterocycles. The summed E-state index contributed by atoms with van der Waals surface area (Å²) in [6.45, 7) is 3.66. The van der Waals surface area contributed by atoms with E-state index in [0.29, 0.717) is 16.3 Å². The molecule has 21 heavy (non-hydrogen) atoms. The molecule has 0 bridgehead atoms. The third-order valence-corrected chi connectivity index (χ3v) is 3.24. The van der Waals surface area contributed by atoms with Gasteiger partial charge in [-0.25, -0.2) is 4.79 Å². The average Bonchev–Trinajstić information content (AvgIpc) is 2.49. The van der Waals surface area contributed by atoms with E-state index in [4.69, 9.17) is 21.1 Å². The number of halogens is 1. The molecule has 0 unspecified atom stereocenters. The smallest absolute Gasteiger partial charge is 0.337 e. The molecule has 1 aromatic carbocycles. The van der Waals surface area contributed by atoms with Crippen LogP contribution in [0, 0.1) is 0 Å². The second kappa shape index (κ2) is 8.32. The van der Waals surface area contributed by atoms with E-state index in [1.807, 2.05) is 37.3 Å². The number of allylic oxidation sites excluding steroid dienone is 3. The van der Waals surface area contributed by atoms with Crippen LogP contribution in [0.5, 0.6) is 5.75 Å². The van der Waals surface area contributed by atoms with E-state index in [9.17, 15) is 4.79 Å². The highest BCUT2D eigenvalue weighted by molar-refractivity contribution is 6.32. The lowest BCUT2D eigenvalue weighted by molar-refractivity contribution is -0.135. The number of carbonyl (C=O) groups is 1. The number of methoxy groups -OCH3 is 2. The summed E-state index contributed by atoms with van der Waals surface area (Å²) in [6, 6.07) is 5.52. The van der Waals surface area contributed by atoms with Gasteiger partial charge in [-0.15, -0.1) is 0 Å². The number of hydrogen-bond acceptors (Lipinski definition) is 3. The van der Waals surface area contributed by atoms with Crippen LogP contribution in [0.3, 0.4) is 0 Å². The number of rotatable bonds is 5. The minimum atomic E-state index is -0.340. The Labute approximate surface area is 130 Å². The van der Waals surface area contributed by atoms with Gasteiger partial charge in [-0.1, -0.05) is 42.0 Å². The Morgan fingerprint density at radius 2 is 2.00 bits per heavy atom. The third-order valence-electron chi connectivity index (χ3n) is 2.93. The van der Waals surface area contributed by atoms with Gasteiger partial charge in [0.25, 0.3) is 0 Å². The van der Waals surface area contributed by atoms with E-state index in [0.717, 1.165) is 11.1 Å². The molecular formula is C17H19ClO3. The van der Waals surface area contributed by atoms with Crippen molar-refractivity contribution in [1.82, 2.24) is 0 Å². The lowest BCUT2D eigenvalue weighted by Gasteiger charge is -2.04. The van der Waals surface area contributed by atoms with Gasteiger partial charge in [0.15, 0.2) is 0 Å². The predicted octanol–water partition coefficient (Wildman–Crippen LogP) is 4.43. The van der Waals surface area contributed by atoms with Crippen molar-refractivity contribution in [2.75, 3.05) is 14.2 Å². The fourth-order valence-electron chi connectivity index (χ4n) is 1.79. The zero-order valence-corrected chi connectivity index (χ0v) is 13.4. The van der Waals surface area contributed by atoms with Gasteiger partial charge in [-0.3, -0.25) is 0 Å². The average molecular weight is 307 g/mol. The highest BCUT2D eigenvalue weighted by Crippen LogP contribution is 2.25. The lowest BCUT2D eigenvalue weighted by Crippen LogP contribution is -2.05. The van der Waals surface area contributed by atoms with E-state index >= 15 is 0 Å². The quantitative estimate of drug-likeness (QED) is 0.459. The van der Waals surface area contributed by atoms with Gasteiger partial charge < -0.3 is 9.47 Å². The first-order valence-corrected chi connectivity index (χ1v) is 6.84. The van der Waals surface area contributed by atoms with Crippen LogP contribution < -0.4 is 4.74 Å². The first-order valence-electron chi connectivity index (χ1n) is 6.47. The van der Waals surface area contributed by atoms with E-state index in [-0.39, 0.29) is 5.97 Å². The molecule has 0 N–H and O–H groups in total. The highest BCUT2D eigenvalue weighted by Gasteiger charge is 2.09. The van der Waals surface area contributed by atoms with E-state index in [2.05, 4.69) is 0 Å². The molecule has 0 aromatic heterocycles. The van der Waals surface area contributed by atoms with Gasteiger partial charge in [0.1, 0.15) is 5.75 Å². The fourth-order valence-corrected chi connectivity index (χ4v) is 1.98. The number of carbonyl (C=O) groups excluding carboxylic acids is 1. The molecular weight excluding hydrogens is 288 g/mol. The van der Waals surface area contributed by atoms with Crippen LogP contribution in [0.15, 0.2) is 47.6 Å². The Kier molecular flexibility index (Phi) is 6.76. The summed E-state index contributed by atoms with van der Waals surface area (Å²) < 4.78 is 9.89. The summed E-state index contributed by atoms with van der Waals surface area (Å²) in [5.41, 5.74) is 2.35. The number of benzene rings is 1. The maximum absolute atomic E-state index is 11.6. The molecule has 112 valence electrons. The van der Waals surface area contributed by atoms with Gasteiger partial charge in [0.2, 0.25) is 0 Å². The van der Waals surface area contributed by atoms with Crippen LogP contribution in [0.25, 0.3) is 6.08 Å². The van der Waals surface area contributed by atoms with Crippen molar-refractivity contribution in [3.05, 3.63) is 58.2 Å². The first kappa shape index (κ1) is 17.1. The van der Waals surface area contributed by atoms with Crippen molar-refractivity contribution < 1.29 is 14.3 Å². The lowest BCUT2D eigenvalue weighted by atomic mass is 10.1. The predicted molar refractivity (Wildman–Crippen MR) is 86.6 cm³/mol. The first-order chi connectivity index (χ1) is 10.0. The molecule has 0 saturated heterocycles. The molecule has 0 saturated carbocycles. The van der Waals surface area contributed by atoms with Crippen LogP contribution in [0.2, 0.25) is 5.02 Å². The Morgan fingerprint density at radius 1 is 1.29 bits per heavy atom. The van der Waals surface area contributed by atoms with Crippen molar-refractivity contribution >= 4 is 23.6 Å². The van der Waals surface area contributed by atoms with Crippen LogP contribution >= 0.6 is 11.6 Å². The molecule has 0 amide bonds. The molecule has 3 nitrogen and oxygen atoms in total. The fraction of sp³-hybridized carbons (Fsp3) is 0.235. The van der Waals surface area contributed by atoms with E-state index < -0.39 is 0 Å². The summed E-state index contributed by atoms with van der Waals surface area (Å²) >= 11 is 5.97. The van der Waals surface area contributed by atoms with Gasteiger partial charge in [-0.05, 0) is 37.1 Å². The summed E-state index contributed by atoms with van der Waals surface area (Å²) in [6.07, 6.45) is 7.36. The van der Waals surface area contributed by atoms with Crippen LogP contribution in [0.1, 0.15) is 19.4 Å². The SMILES string of the molecule is C\C=C(C(=O)OC)/C(C)=C\C=C\c1ccc(Cl)c(OC)c1. The number of esters is 1. The molecule has 0 aliphatic heterocycles. The van der Waals surface area contributed by atoms with Gasteiger partial charge in [0.05, 0.1) is 24.8 Å². The highest BCUT2D eigenvalue weighted by atomic mass is 35.5. The molecule has 0 fully saturated rings. The van der Waals surface area contributed by atoms with Crippen molar-refractivity contribution in [3.8, 4) is 5.75 Å². The number of ether oxygens (including phenoxy) is 2. The summed E-state index contributed by atoms with van der Waals surface area (Å²) in [5, 5.41) is 0.572. The molecule has 4 heteroatoms. The van der Waals surface area contributed by atoms with Crippen molar-refractivity contribution in [1.29, 1.82) is 0 Å². The Balaban J connectivity index is 2.90. The van der Waals surface area contributed by atoms with Gasteiger partial charge in [0, 0.05) is 0 Å². The third kappa shape index (κ3) is 4.80. The number of hydrogen-bond donors (Lipinski definition) is 0. The van der Waals surface area contributed by atoms with Crippen LogP contribution in [-0.4, -0.2) is 20.2 Å². The standard InChI is InChI=1S/C17H19ClO3/c1-5-14(17(19)21-4)12(2)7-6-8-13-9-10-15(18)16(11-13)20-3/h5-11H,1-4H3/b8-6+,12-7-,14-5+. The molecule has 0 radical (unpaired) electrons. The summed E-state index contributed by atoms with van der Waals surface area (Å²) in [5.74, 6) is 0.288. The van der Waals surface area contributed by atoms with Crippen molar-refractivity contribution in [3.63, 3.8) is 0 Å². The monoisotopic (exact) mass is 306 g/mol. The Bertz CT molecular complexity index is 598. The Hall–Kier alpha value is -2.00. The summed E-state index contributed by atoms with van der Waals surface area (Å²) in [4.78, 5) is 11.6. The van der Waals surface area contributed by atoms with Crippen LogP contribution in [-0.2, 0) is 9.53 Å². The van der Waals surface area contributed by atoms with Crippen LogP contribution in [0.4, 0.5) is 0 Å². The Morgan fingerprint density at radius 3 is 2.57 bits per heavy atom. The zero-order valence-electron chi connectivity index (χ0n) is 12.6. The molecule has 0 spiro atoms. The maximum Gasteiger partial charge on any atom is 0.337 e. The van der Waals surface area contributed by atoms with E-state index in [1.54, 1.807) is 26.2 Å². The zero-order chi connectivity index (χ0) is 15.8. The molecule has 0 atom stereocenters. The van der Waals surface area contributed by atoms with Gasteiger partial charge in [-0.2, -0.15) is 0 Å². The molecule has 1 aromatic rings. The van der Waals surface area contributed by atoms with Gasteiger partial charge >= 0.3 is 5.97 Å². The molecule has 0 aliphatic carbocycles. The normalized spacial score (nSPS) is 12.6. The molecule has 1 rings (SSSR count). The van der Waals surface area contributed by atoms with Crippen molar-refractivity contribution in [2.45, 2.75) is 13.8 Å². The maximum atomic E-state index is 11.6.